The van der Waals surface area contributed by atoms with Gasteiger partial charge >= 0.3 is 0 Å². The van der Waals surface area contributed by atoms with E-state index < -0.39 is 54.0 Å². The number of rotatable bonds is 10. The molecule has 0 aromatic carbocycles. The van der Waals surface area contributed by atoms with Gasteiger partial charge in [0.2, 0.25) is 11.6 Å². The molecule has 0 amide bonds. The zero-order chi connectivity index (χ0) is 34.3. The largest absolute Gasteiger partial charge is 0.395 e. The van der Waals surface area contributed by atoms with Crippen molar-refractivity contribution in [2.24, 2.45) is 47.3 Å². The normalized spacial score (nSPS) is 53.8. The minimum atomic E-state index is -0.864. The van der Waals surface area contributed by atoms with Crippen LogP contribution in [-0.4, -0.2) is 96.7 Å². The SMILES string of the molecule is C[C@H]1[C@@H](OCC(CO[C@H]2O[C@@H]3O[C@@]4(C)CC[C@H]5[C@H](C)CC[C@@H]([C@H]2C)[C@@]35OO4)NC(CO)CO)OC2O[C@@]3(C)CC[C@H]4[C@H](C)CC[C@@H]1[C@@]24OO3. The molecule has 13 heteroatoms. The molecule has 13 nitrogen and oxygen atoms in total. The summed E-state index contributed by atoms with van der Waals surface area (Å²) in [4.78, 5) is 24.5. The summed E-state index contributed by atoms with van der Waals surface area (Å²) in [5, 5.41) is 23.3. The lowest BCUT2D eigenvalue weighted by molar-refractivity contribution is -0.577. The van der Waals surface area contributed by atoms with Crippen molar-refractivity contribution >= 4 is 0 Å². The van der Waals surface area contributed by atoms with E-state index in [1.165, 1.54) is 0 Å². The van der Waals surface area contributed by atoms with Gasteiger partial charge in [0.1, 0.15) is 0 Å². The van der Waals surface area contributed by atoms with Crippen molar-refractivity contribution in [2.75, 3.05) is 26.4 Å². The van der Waals surface area contributed by atoms with E-state index >= 15 is 0 Å². The number of hydrogen-bond donors (Lipinski definition) is 3. The molecule has 49 heavy (non-hydrogen) atoms. The molecule has 2 aliphatic carbocycles. The molecule has 8 saturated heterocycles. The highest BCUT2D eigenvalue weighted by Crippen LogP contribution is 2.62. The topological polar surface area (TPSA) is 145 Å². The van der Waals surface area contributed by atoms with E-state index in [0.717, 1.165) is 51.4 Å². The van der Waals surface area contributed by atoms with Gasteiger partial charge in [-0.2, -0.15) is 0 Å². The Hall–Kier alpha value is -0.520. The Bertz CT molecular complexity index is 1110. The van der Waals surface area contributed by atoms with E-state index in [1.807, 2.05) is 13.8 Å². The third-order valence-electron chi connectivity index (χ3n) is 14.0. The summed E-state index contributed by atoms with van der Waals surface area (Å²) in [7, 11) is 0. The lowest BCUT2D eigenvalue weighted by Gasteiger charge is -2.60. The molecule has 2 unspecified atom stereocenters. The van der Waals surface area contributed by atoms with Gasteiger partial charge < -0.3 is 44.0 Å². The van der Waals surface area contributed by atoms with Gasteiger partial charge in [0, 0.05) is 36.5 Å². The van der Waals surface area contributed by atoms with Crippen LogP contribution < -0.4 is 5.32 Å². The molecule has 280 valence electrons. The van der Waals surface area contributed by atoms with E-state index in [-0.39, 0.29) is 68.0 Å². The molecular formula is C36H59NO12. The molecule has 10 rings (SSSR count). The van der Waals surface area contributed by atoms with Crippen LogP contribution in [0.4, 0.5) is 0 Å². The number of hydrogen-bond acceptors (Lipinski definition) is 13. The average molecular weight is 698 g/mol. The van der Waals surface area contributed by atoms with Gasteiger partial charge in [-0.1, -0.05) is 27.7 Å². The van der Waals surface area contributed by atoms with Crippen LogP contribution in [0.25, 0.3) is 0 Å². The number of aliphatic hydroxyl groups excluding tert-OH is 2. The molecule has 10 aliphatic rings. The predicted molar refractivity (Wildman–Crippen MR) is 170 cm³/mol. The summed E-state index contributed by atoms with van der Waals surface area (Å²) in [6.45, 7) is 12.7. The summed E-state index contributed by atoms with van der Waals surface area (Å²) in [5.41, 5.74) is -1.33. The van der Waals surface area contributed by atoms with Crippen LogP contribution in [0, 0.1) is 47.3 Å². The van der Waals surface area contributed by atoms with E-state index in [0.29, 0.717) is 11.8 Å². The predicted octanol–water partition coefficient (Wildman–Crippen LogP) is 3.75. The van der Waals surface area contributed by atoms with E-state index in [9.17, 15) is 10.2 Å². The van der Waals surface area contributed by atoms with Crippen LogP contribution in [0.5, 0.6) is 0 Å². The zero-order valence-electron chi connectivity index (χ0n) is 30.0. The van der Waals surface area contributed by atoms with Crippen molar-refractivity contribution in [1.82, 2.24) is 5.32 Å². The second-order valence-electron chi connectivity index (χ2n) is 17.1. The highest BCUT2D eigenvalue weighted by molar-refractivity contribution is 5.10. The molecule has 4 bridgehead atoms. The van der Waals surface area contributed by atoms with Gasteiger partial charge in [0.25, 0.3) is 0 Å². The van der Waals surface area contributed by atoms with Crippen molar-refractivity contribution in [3.8, 4) is 0 Å². The van der Waals surface area contributed by atoms with Crippen LogP contribution >= 0.6 is 0 Å². The van der Waals surface area contributed by atoms with Gasteiger partial charge in [-0.05, 0) is 76.0 Å². The van der Waals surface area contributed by atoms with Gasteiger partial charge in [-0.3, -0.25) is 0 Å². The summed E-state index contributed by atoms with van der Waals surface area (Å²) in [6, 6.07) is -0.926. The van der Waals surface area contributed by atoms with Crippen LogP contribution in [0.1, 0.15) is 92.9 Å². The Kier molecular flexibility index (Phi) is 9.49. The maximum Gasteiger partial charge on any atom is 0.201 e. The zero-order valence-corrected chi connectivity index (χ0v) is 30.0. The first kappa shape index (κ1) is 35.5. The third-order valence-corrected chi connectivity index (χ3v) is 14.0. The Labute approximate surface area is 290 Å². The smallest absolute Gasteiger partial charge is 0.201 e. The molecule has 0 aromatic heterocycles. The average Bonchev–Trinajstić information content (AvgIpc) is 3.46. The number of aliphatic hydroxyl groups is 2. The van der Waals surface area contributed by atoms with Gasteiger partial charge in [0.05, 0.1) is 38.5 Å². The quantitative estimate of drug-likeness (QED) is 0.286. The Morgan fingerprint density at radius 2 is 1.06 bits per heavy atom. The molecule has 8 aliphatic heterocycles. The van der Waals surface area contributed by atoms with E-state index in [1.54, 1.807) is 0 Å². The lowest BCUT2D eigenvalue weighted by atomic mass is 9.58. The Balaban J connectivity index is 0.972. The van der Waals surface area contributed by atoms with Crippen LogP contribution in [0.3, 0.4) is 0 Å². The molecular weight excluding hydrogens is 638 g/mol. The first-order valence-corrected chi connectivity index (χ1v) is 19.1. The minimum absolute atomic E-state index is 0.0138. The van der Waals surface area contributed by atoms with Crippen molar-refractivity contribution < 1.29 is 58.2 Å². The van der Waals surface area contributed by atoms with Gasteiger partial charge in [-0.25, -0.2) is 19.6 Å². The van der Waals surface area contributed by atoms with Crippen LogP contribution in [0.15, 0.2) is 0 Å². The summed E-state index contributed by atoms with van der Waals surface area (Å²) in [6.07, 6.45) is 5.27. The fourth-order valence-corrected chi connectivity index (χ4v) is 11.2. The first-order chi connectivity index (χ1) is 23.4. The van der Waals surface area contributed by atoms with Gasteiger partial charge in [-0.15, -0.1) is 0 Å². The third kappa shape index (κ3) is 5.68. The second kappa shape index (κ2) is 13.1. The van der Waals surface area contributed by atoms with Crippen molar-refractivity contribution in [3.63, 3.8) is 0 Å². The number of fused-ring (bicyclic) bond motifs is 4. The fraction of sp³-hybridized carbons (Fsp3) is 1.00. The maximum absolute atomic E-state index is 9.97. The Morgan fingerprint density at radius 1 is 0.612 bits per heavy atom. The number of nitrogens with one attached hydrogen (secondary N) is 1. The number of ether oxygens (including phenoxy) is 6. The fourth-order valence-electron chi connectivity index (χ4n) is 11.2. The van der Waals surface area contributed by atoms with Crippen LogP contribution in [0.2, 0.25) is 0 Å². The van der Waals surface area contributed by atoms with Crippen LogP contribution in [-0.2, 0) is 48.0 Å². The van der Waals surface area contributed by atoms with Crippen molar-refractivity contribution in [1.29, 1.82) is 0 Å². The highest BCUT2D eigenvalue weighted by atomic mass is 17.3. The lowest BCUT2D eigenvalue weighted by Crippen LogP contribution is -2.70. The molecule has 3 N–H and O–H groups in total. The summed E-state index contributed by atoms with van der Waals surface area (Å²) in [5.74, 6) is 0.0664. The molecule has 17 atom stereocenters. The van der Waals surface area contributed by atoms with Crippen molar-refractivity contribution in [3.05, 3.63) is 0 Å². The minimum Gasteiger partial charge on any atom is -0.395 e. The van der Waals surface area contributed by atoms with Gasteiger partial charge in [0.15, 0.2) is 36.4 Å². The molecule has 2 saturated carbocycles. The molecule has 8 heterocycles. The van der Waals surface area contributed by atoms with E-state index in [2.05, 4.69) is 33.0 Å². The molecule has 0 radical (unpaired) electrons. The molecule has 2 spiro atoms. The maximum atomic E-state index is 9.97. The monoisotopic (exact) mass is 697 g/mol. The highest BCUT2D eigenvalue weighted by Gasteiger charge is 2.71. The second-order valence-corrected chi connectivity index (χ2v) is 17.1. The first-order valence-electron chi connectivity index (χ1n) is 19.1. The Morgan fingerprint density at radius 3 is 1.49 bits per heavy atom. The van der Waals surface area contributed by atoms with Crippen molar-refractivity contribution in [2.45, 2.75) is 153 Å². The summed E-state index contributed by atoms with van der Waals surface area (Å²) < 4.78 is 39.5. The molecule has 0 aromatic rings. The van der Waals surface area contributed by atoms with E-state index in [4.69, 9.17) is 48.0 Å². The summed E-state index contributed by atoms with van der Waals surface area (Å²) >= 11 is 0. The molecule has 10 fully saturated rings. The standard InChI is InChI=1S/C36H59NO12/c1-19-7-9-27-21(3)29(42-31-35(27)25(19)11-13-33(5,44-31)46-48-35)40-17-24(37-23(15-38)16-39)18-41-30-22(4)28-10-8-20(2)26-12-14-34(6)45-32(43-30)36(26,28)49-47-34/h19-32,37-39H,7-18H2,1-6H3/t19-,20-,21-,22-,24?,25+,26+,27+,28+,29+,30+,31-,32?,33-,34-,35-,36-/m1/s1.